The Labute approximate surface area is 161 Å². The lowest BCUT2D eigenvalue weighted by molar-refractivity contribution is 0.290. The van der Waals surface area contributed by atoms with Gasteiger partial charge in [-0.3, -0.25) is 0 Å². The van der Waals surface area contributed by atoms with Crippen LogP contribution in [-0.2, 0) is 6.61 Å². The third kappa shape index (κ3) is 4.53. The van der Waals surface area contributed by atoms with Crippen LogP contribution in [0, 0.1) is 18.6 Å². The van der Waals surface area contributed by atoms with E-state index in [4.69, 9.17) is 21.7 Å². The Bertz CT molecular complexity index is 1020. The standard InChI is InChI=1S/C19H20N4O3S/c1-12-6-13(2)8-15(7-12)26-11-18-21-22-19(27)23(18)20-10-14-4-5-16(24)17(9-14)25-3/h4-10,24H,11H2,1-3H3,(H,22,27)/b20-10+. The summed E-state index contributed by atoms with van der Waals surface area (Å²) in [5, 5.41) is 20.9. The molecule has 0 bridgehead atoms. The van der Waals surface area contributed by atoms with Gasteiger partial charge in [0.1, 0.15) is 12.4 Å². The zero-order chi connectivity index (χ0) is 19.4. The van der Waals surface area contributed by atoms with Crippen LogP contribution in [0.3, 0.4) is 0 Å². The van der Waals surface area contributed by atoms with Crippen LogP contribution in [0.15, 0.2) is 41.5 Å². The van der Waals surface area contributed by atoms with Gasteiger partial charge in [-0.2, -0.15) is 14.9 Å². The number of phenols is 1. The summed E-state index contributed by atoms with van der Waals surface area (Å²) in [6, 6.07) is 10.9. The predicted molar refractivity (Wildman–Crippen MR) is 105 cm³/mol. The SMILES string of the molecule is COc1cc(/C=N/n2c(COc3cc(C)cc(C)c3)n[nH]c2=S)ccc1O. The Balaban J connectivity index is 1.79. The number of H-pyrrole nitrogens is 1. The lowest BCUT2D eigenvalue weighted by Crippen LogP contribution is -2.04. The number of nitrogens with zero attached hydrogens (tertiary/aromatic N) is 3. The summed E-state index contributed by atoms with van der Waals surface area (Å²) in [6.45, 7) is 4.25. The van der Waals surface area contributed by atoms with Gasteiger partial charge in [-0.15, -0.1) is 0 Å². The number of aromatic nitrogens is 3. The Morgan fingerprint density at radius 3 is 2.67 bits per heavy atom. The summed E-state index contributed by atoms with van der Waals surface area (Å²) in [5.41, 5.74) is 3.00. The molecule has 0 aliphatic heterocycles. The van der Waals surface area contributed by atoms with Gasteiger partial charge >= 0.3 is 0 Å². The molecule has 0 aliphatic carbocycles. The van der Waals surface area contributed by atoms with E-state index in [1.165, 1.54) is 11.8 Å². The molecule has 0 radical (unpaired) electrons. The van der Waals surface area contributed by atoms with Crippen molar-refractivity contribution in [3.63, 3.8) is 0 Å². The first kappa shape index (κ1) is 18.7. The van der Waals surface area contributed by atoms with Gasteiger partial charge in [-0.05, 0) is 73.1 Å². The van der Waals surface area contributed by atoms with Crippen molar-refractivity contribution >= 4 is 18.4 Å². The van der Waals surface area contributed by atoms with Crippen molar-refractivity contribution in [2.45, 2.75) is 20.5 Å². The van der Waals surface area contributed by atoms with Crippen LogP contribution >= 0.6 is 12.2 Å². The second-order valence-corrected chi connectivity index (χ2v) is 6.43. The third-order valence-electron chi connectivity index (χ3n) is 3.81. The van der Waals surface area contributed by atoms with E-state index in [9.17, 15) is 5.11 Å². The van der Waals surface area contributed by atoms with Crippen molar-refractivity contribution in [3.8, 4) is 17.2 Å². The van der Waals surface area contributed by atoms with Crippen LogP contribution in [0.1, 0.15) is 22.5 Å². The van der Waals surface area contributed by atoms with E-state index in [0.717, 1.165) is 22.4 Å². The molecular weight excluding hydrogens is 364 g/mol. The monoisotopic (exact) mass is 384 g/mol. The molecule has 27 heavy (non-hydrogen) atoms. The Kier molecular flexibility index (Phi) is 5.56. The molecule has 1 heterocycles. The average Bonchev–Trinajstić information content (AvgIpc) is 2.98. The highest BCUT2D eigenvalue weighted by Gasteiger charge is 2.07. The minimum atomic E-state index is 0.0668. The number of aromatic amines is 1. The zero-order valence-electron chi connectivity index (χ0n) is 15.3. The van der Waals surface area contributed by atoms with Gasteiger partial charge in [0.15, 0.2) is 17.3 Å². The minimum Gasteiger partial charge on any atom is -0.504 e. The lowest BCUT2D eigenvalue weighted by Gasteiger charge is -2.07. The highest BCUT2D eigenvalue weighted by atomic mass is 32.1. The molecule has 2 N–H and O–H groups in total. The number of rotatable bonds is 6. The molecule has 2 aromatic carbocycles. The van der Waals surface area contributed by atoms with E-state index in [1.807, 2.05) is 26.0 Å². The number of ether oxygens (including phenoxy) is 2. The Morgan fingerprint density at radius 1 is 1.22 bits per heavy atom. The predicted octanol–water partition coefficient (Wildman–Crippen LogP) is 3.73. The van der Waals surface area contributed by atoms with Crippen LogP contribution < -0.4 is 9.47 Å². The van der Waals surface area contributed by atoms with Gasteiger partial charge in [0, 0.05) is 0 Å². The zero-order valence-corrected chi connectivity index (χ0v) is 16.1. The molecular formula is C19H20N4O3S. The van der Waals surface area contributed by atoms with E-state index in [2.05, 4.69) is 21.4 Å². The average molecular weight is 384 g/mol. The summed E-state index contributed by atoms with van der Waals surface area (Å²) in [4.78, 5) is 0. The fraction of sp³-hybridized carbons (Fsp3) is 0.211. The molecule has 3 aromatic rings. The first-order valence-electron chi connectivity index (χ1n) is 8.25. The molecule has 3 rings (SSSR count). The molecule has 0 amide bonds. The molecule has 0 unspecified atom stereocenters. The van der Waals surface area contributed by atoms with Crippen molar-refractivity contribution in [2.75, 3.05) is 7.11 Å². The molecule has 8 heteroatoms. The summed E-state index contributed by atoms with van der Waals surface area (Å²) < 4.78 is 12.8. The first-order chi connectivity index (χ1) is 13.0. The van der Waals surface area contributed by atoms with E-state index < -0.39 is 0 Å². The molecule has 0 aliphatic rings. The smallest absolute Gasteiger partial charge is 0.216 e. The number of benzene rings is 2. The van der Waals surface area contributed by atoms with Gasteiger partial charge in [0.05, 0.1) is 13.3 Å². The minimum absolute atomic E-state index is 0.0668. The number of hydrogen-bond acceptors (Lipinski definition) is 6. The van der Waals surface area contributed by atoms with Gasteiger partial charge in [0.2, 0.25) is 4.77 Å². The maximum Gasteiger partial charge on any atom is 0.216 e. The molecule has 0 fully saturated rings. The number of phenolic OH excluding ortho intramolecular Hbond substituents is 1. The summed E-state index contributed by atoms with van der Waals surface area (Å²) >= 11 is 5.24. The highest BCUT2D eigenvalue weighted by Crippen LogP contribution is 2.25. The van der Waals surface area contributed by atoms with Crippen molar-refractivity contribution in [1.29, 1.82) is 0 Å². The van der Waals surface area contributed by atoms with Crippen LogP contribution in [0.25, 0.3) is 0 Å². The van der Waals surface area contributed by atoms with Crippen LogP contribution in [-0.4, -0.2) is 33.3 Å². The topological polar surface area (TPSA) is 84.7 Å². The number of aromatic hydroxyl groups is 1. The summed E-state index contributed by atoms with van der Waals surface area (Å²) in [5.74, 6) is 1.74. The van der Waals surface area contributed by atoms with Crippen LogP contribution in [0.4, 0.5) is 0 Å². The second-order valence-electron chi connectivity index (χ2n) is 6.04. The number of aryl methyl sites for hydroxylation is 2. The summed E-state index contributed by atoms with van der Waals surface area (Å²) in [6.07, 6.45) is 1.60. The summed E-state index contributed by atoms with van der Waals surface area (Å²) in [7, 11) is 1.49. The molecule has 7 nitrogen and oxygen atoms in total. The number of methoxy groups -OCH3 is 1. The van der Waals surface area contributed by atoms with Crippen molar-refractivity contribution in [3.05, 3.63) is 63.7 Å². The van der Waals surface area contributed by atoms with E-state index in [1.54, 1.807) is 24.4 Å². The largest absolute Gasteiger partial charge is 0.504 e. The number of hydrogen-bond donors (Lipinski definition) is 2. The molecule has 140 valence electrons. The normalized spacial score (nSPS) is 11.1. The maximum absolute atomic E-state index is 9.67. The van der Waals surface area contributed by atoms with Gasteiger partial charge < -0.3 is 14.6 Å². The van der Waals surface area contributed by atoms with Crippen molar-refractivity contribution < 1.29 is 14.6 Å². The Hall–Kier alpha value is -3.13. The quantitative estimate of drug-likeness (QED) is 0.500. The first-order valence-corrected chi connectivity index (χ1v) is 8.66. The fourth-order valence-corrected chi connectivity index (χ4v) is 2.80. The van der Waals surface area contributed by atoms with Crippen molar-refractivity contribution in [1.82, 2.24) is 14.9 Å². The molecule has 0 saturated heterocycles. The highest BCUT2D eigenvalue weighted by molar-refractivity contribution is 7.71. The van der Waals surface area contributed by atoms with Gasteiger partial charge in [-0.1, -0.05) is 6.07 Å². The second kappa shape index (κ2) is 8.05. The molecule has 1 aromatic heterocycles. The Morgan fingerprint density at radius 2 is 1.96 bits per heavy atom. The maximum atomic E-state index is 9.67. The van der Waals surface area contributed by atoms with Gasteiger partial charge in [0.25, 0.3) is 0 Å². The van der Waals surface area contributed by atoms with Crippen LogP contribution in [0.2, 0.25) is 0 Å². The molecule has 0 spiro atoms. The third-order valence-corrected chi connectivity index (χ3v) is 4.07. The van der Waals surface area contributed by atoms with E-state index >= 15 is 0 Å². The lowest BCUT2D eigenvalue weighted by atomic mass is 10.1. The van der Waals surface area contributed by atoms with Crippen molar-refractivity contribution in [2.24, 2.45) is 5.10 Å². The number of nitrogens with one attached hydrogen (secondary N) is 1. The van der Waals surface area contributed by atoms with E-state index in [0.29, 0.717) is 16.3 Å². The molecule has 0 saturated carbocycles. The van der Waals surface area contributed by atoms with Gasteiger partial charge in [-0.25, -0.2) is 5.10 Å². The molecule has 0 atom stereocenters. The fourth-order valence-electron chi connectivity index (χ4n) is 2.60. The van der Waals surface area contributed by atoms with E-state index in [-0.39, 0.29) is 12.4 Å². The van der Waals surface area contributed by atoms with Crippen LogP contribution in [0.5, 0.6) is 17.2 Å².